The summed E-state index contributed by atoms with van der Waals surface area (Å²) in [5, 5.41) is 0. The summed E-state index contributed by atoms with van der Waals surface area (Å²) >= 11 is 0. The fourth-order valence-corrected chi connectivity index (χ4v) is 5.28. The average Bonchev–Trinajstić information content (AvgIpc) is 3.33. The first-order valence-corrected chi connectivity index (χ1v) is 14.5. The van der Waals surface area contributed by atoms with Crippen LogP contribution < -0.4 is 11.2 Å². The van der Waals surface area contributed by atoms with Crippen LogP contribution in [0, 0.1) is 13.8 Å². The molecule has 13 heteroatoms. The molecular formula is C28H35N4O8P. The van der Waals surface area contributed by atoms with Crippen molar-refractivity contribution in [3.8, 4) is 11.4 Å². The van der Waals surface area contributed by atoms with Gasteiger partial charge in [-0.25, -0.2) is 4.79 Å². The van der Waals surface area contributed by atoms with Gasteiger partial charge in [0.15, 0.2) is 0 Å². The van der Waals surface area contributed by atoms with E-state index in [1.807, 2.05) is 25.1 Å². The number of hydrogen-bond donors (Lipinski definition) is 1. The van der Waals surface area contributed by atoms with E-state index in [-0.39, 0.29) is 13.0 Å². The molecule has 0 spiro atoms. The second-order valence-electron chi connectivity index (χ2n) is 9.75. The maximum atomic E-state index is 12.3. The summed E-state index contributed by atoms with van der Waals surface area (Å²) in [4.78, 5) is 46.9. The van der Waals surface area contributed by atoms with Crippen LogP contribution in [0.4, 0.5) is 0 Å². The van der Waals surface area contributed by atoms with Gasteiger partial charge in [-0.2, -0.15) is 0 Å². The first-order chi connectivity index (χ1) is 19.7. The van der Waals surface area contributed by atoms with Gasteiger partial charge >= 0.3 is 20.3 Å². The van der Waals surface area contributed by atoms with Gasteiger partial charge in [-0.1, -0.05) is 0 Å². The Morgan fingerprint density at radius 2 is 1.88 bits per heavy atom. The van der Waals surface area contributed by atoms with Crippen LogP contribution in [0.25, 0.3) is 11.4 Å². The van der Waals surface area contributed by atoms with Gasteiger partial charge in [-0.05, 0) is 68.5 Å². The number of carbonyl (C=O) groups excluding carboxylic acids is 1. The third-order valence-electron chi connectivity index (χ3n) is 6.51. The number of unbranched alkanes of at least 4 members (excludes halogenated alkanes) is 1. The molecule has 3 aromatic heterocycles. The molecule has 4 rings (SSSR count). The molecule has 0 aromatic carbocycles. The second kappa shape index (κ2) is 14.6. The van der Waals surface area contributed by atoms with E-state index in [0.29, 0.717) is 12.2 Å². The van der Waals surface area contributed by atoms with Crippen LogP contribution in [0.5, 0.6) is 0 Å². The minimum Gasteiger partial charge on any atom is -0.460 e. The smallest absolute Gasteiger partial charge is 0.332 e. The minimum atomic E-state index is -1.66. The molecule has 220 valence electrons. The van der Waals surface area contributed by atoms with Crippen LogP contribution >= 0.6 is 8.60 Å². The zero-order valence-corrected chi connectivity index (χ0v) is 24.5. The van der Waals surface area contributed by atoms with E-state index in [4.69, 9.17) is 23.0 Å². The van der Waals surface area contributed by atoms with Crippen molar-refractivity contribution in [2.24, 2.45) is 0 Å². The molecule has 4 atom stereocenters. The standard InChI is InChI=1S/C28H35N4O8P/c1-18-8-10-29-22(13-18)23-14-21(9-11-30-23)7-5-6-12-37-41(36-4)38-17-25-24(39-20(3)33)15-26(40-25)32-16-19(2)27(34)31-28(32)35/h8-11,13-14,16,24-26H,5-7,12,15,17H2,1-4H3,(H,31,34,35). The first-order valence-electron chi connectivity index (χ1n) is 13.4. The molecule has 4 heterocycles. The molecule has 1 fully saturated rings. The van der Waals surface area contributed by atoms with Gasteiger partial charge in [-0.3, -0.25) is 29.1 Å². The second-order valence-corrected chi connectivity index (χ2v) is 11.1. The van der Waals surface area contributed by atoms with Crippen molar-refractivity contribution in [1.82, 2.24) is 19.5 Å². The van der Waals surface area contributed by atoms with Crippen molar-refractivity contribution in [3.05, 3.63) is 80.4 Å². The molecule has 3 aromatic rings. The lowest BCUT2D eigenvalue weighted by Gasteiger charge is -2.21. The van der Waals surface area contributed by atoms with Crippen LogP contribution in [-0.2, 0) is 34.3 Å². The Bertz CT molecular complexity index is 1440. The Balaban J connectivity index is 1.25. The number of carbonyl (C=O) groups is 1. The van der Waals surface area contributed by atoms with Crippen LogP contribution in [0.2, 0.25) is 0 Å². The highest BCUT2D eigenvalue weighted by atomic mass is 31.2. The third-order valence-corrected chi connectivity index (χ3v) is 7.56. The lowest BCUT2D eigenvalue weighted by atomic mass is 10.1. The number of esters is 1. The molecule has 0 aliphatic carbocycles. The van der Waals surface area contributed by atoms with Gasteiger partial charge in [0.05, 0.1) is 24.6 Å². The van der Waals surface area contributed by atoms with Gasteiger partial charge in [0.25, 0.3) is 5.56 Å². The average molecular weight is 587 g/mol. The number of aromatic nitrogens is 4. The number of ether oxygens (including phenoxy) is 2. The number of aryl methyl sites for hydroxylation is 3. The molecule has 1 saturated heterocycles. The lowest BCUT2D eigenvalue weighted by Crippen LogP contribution is -2.33. The fraction of sp³-hybridized carbons (Fsp3) is 0.464. The summed E-state index contributed by atoms with van der Waals surface area (Å²) in [6, 6.07) is 8.04. The maximum Gasteiger partial charge on any atom is 0.332 e. The Labute approximate surface area is 239 Å². The van der Waals surface area contributed by atoms with Gasteiger partial charge in [-0.15, -0.1) is 0 Å². The number of rotatable bonds is 13. The van der Waals surface area contributed by atoms with Crippen LogP contribution in [0.3, 0.4) is 0 Å². The summed E-state index contributed by atoms with van der Waals surface area (Å²) < 4.78 is 29.7. The van der Waals surface area contributed by atoms with Crippen molar-refractivity contribution in [2.75, 3.05) is 20.3 Å². The van der Waals surface area contributed by atoms with Gasteiger partial charge in [0.2, 0.25) is 0 Å². The van der Waals surface area contributed by atoms with Gasteiger partial charge in [0.1, 0.15) is 18.4 Å². The van der Waals surface area contributed by atoms with Crippen LogP contribution in [0.1, 0.15) is 49.1 Å². The van der Waals surface area contributed by atoms with Gasteiger partial charge in [0, 0.05) is 44.6 Å². The summed E-state index contributed by atoms with van der Waals surface area (Å²) in [6.45, 7) is 5.39. The van der Waals surface area contributed by atoms with Crippen molar-refractivity contribution in [2.45, 2.75) is 64.9 Å². The molecule has 1 aliphatic heterocycles. The summed E-state index contributed by atoms with van der Waals surface area (Å²) in [5.41, 5.74) is 3.30. The molecule has 4 unspecified atom stereocenters. The molecule has 0 saturated carbocycles. The highest BCUT2D eigenvalue weighted by Crippen LogP contribution is 2.40. The number of pyridine rings is 2. The molecule has 0 bridgehead atoms. The molecule has 0 amide bonds. The summed E-state index contributed by atoms with van der Waals surface area (Å²) in [5.74, 6) is -0.476. The van der Waals surface area contributed by atoms with Crippen LogP contribution in [0.15, 0.2) is 52.4 Å². The monoisotopic (exact) mass is 586 g/mol. The predicted molar refractivity (Wildman–Crippen MR) is 151 cm³/mol. The van der Waals surface area contributed by atoms with E-state index < -0.39 is 44.3 Å². The molecule has 1 N–H and O–H groups in total. The van der Waals surface area contributed by atoms with E-state index in [2.05, 4.69) is 21.0 Å². The Morgan fingerprint density at radius 1 is 1.12 bits per heavy atom. The maximum absolute atomic E-state index is 12.3. The molecule has 1 aliphatic rings. The van der Waals surface area contributed by atoms with E-state index in [0.717, 1.165) is 36.2 Å². The zero-order chi connectivity index (χ0) is 29.4. The minimum absolute atomic E-state index is 0.0257. The number of nitrogens with zero attached hydrogens (tertiary/aromatic N) is 3. The van der Waals surface area contributed by atoms with Crippen LogP contribution in [-0.4, -0.2) is 58.0 Å². The third kappa shape index (κ3) is 8.61. The van der Waals surface area contributed by atoms with Gasteiger partial charge < -0.3 is 23.0 Å². The number of H-pyrrole nitrogens is 1. The van der Waals surface area contributed by atoms with Crippen molar-refractivity contribution < 1.29 is 27.8 Å². The van der Waals surface area contributed by atoms with E-state index >= 15 is 0 Å². The Morgan fingerprint density at radius 3 is 2.61 bits per heavy atom. The number of hydrogen-bond acceptors (Lipinski definition) is 10. The first kappa shape index (κ1) is 30.7. The van der Waals surface area contributed by atoms with E-state index in [1.165, 1.54) is 30.4 Å². The van der Waals surface area contributed by atoms with E-state index in [1.54, 1.807) is 19.3 Å². The highest BCUT2D eigenvalue weighted by molar-refractivity contribution is 7.41. The molecule has 0 radical (unpaired) electrons. The van der Waals surface area contributed by atoms with Crippen molar-refractivity contribution in [3.63, 3.8) is 0 Å². The number of nitrogens with one attached hydrogen (secondary N) is 1. The molecule has 12 nitrogen and oxygen atoms in total. The summed E-state index contributed by atoms with van der Waals surface area (Å²) in [6.07, 6.45) is 5.75. The fourth-order valence-electron chi connectivity index (χ4n) is 4.45. The Kier molecular flexibility index (Phi) is 10.9. The van der Waals surface area contributed by atoms with Crippen molar-refractivity contribution in [1.29, 1.82) is 0 Å². The topological polar surface area (TPSA) is 144 Å². The number of aromatic amines is 1. The largest absolute Gasteiger partial charge is 0.460 e. The summed E-state index contributed by atoms with van der Waals surface area (Å²) in [7, 11) is -0.168. The quantitative estimate of drug-likeness (QED) is 0.179. The van der Waals surface area contributed by atoms with E-state index in [9.17, 15) is 14.4 Å². The molecular weight excluding hydrogens is 551 g/mol. The predicted octanol–water partition coefficient (Wildman–Crippen LogP) is 3.76. The Hall–Kier alpha value is -3.28. The molecule has 41 heavy (non-hydrogen) atoms. The zero-order valence-electron chi connectivity index (χ0n) is 23.6. The van der Waals surface area contributed by atoms with Crippen molar-refractivity contribution >= 4 is 14.6 Å². The normalized spacial score (nSPS) is 19.3. The lowest BCUT2D eigenvalue weighted by molar-refractivity contribution is -0.150. The SMILES string of the molecule is COP(OCCCCc1ccnc(-c2cc(C)ccn2)c1)OCC1OC(n2cc(C)c(=O)[nH]c2=O)CC1OC(C)=O. The highest BCUT2D eigenvalue weighted by Gasteiger charge is 2.40.